The standard InChI is InChI=1S/C15H31N.C2H6.CH5N/c1-6-9-15(16,10-7-2)11-8-14(5)12-13(3)4;2*1-2/h14H,3,6-12,16H2,1-2,4-5H3;1-2H3;2H2,1H3. The van der Waals surface area contributed by atoms with Crippen LogP contribution in [0.2, 0.25) is 0 Å². The van der Waals surface area contributed by atoms with Crippen LogP contribution in [-0.4, -0.2) is 12.6 Å². The number of rotatable bonds is 9. The molecule has 0 rings (SSSR count). The molecule has 20 heavy (non-hydrogen) atoms. The molecule has 0 aromatic carbocycles. The Hall–Kier alpha value is -0.340. The van der Waals surface area contributed by atoms with Crippen LogP contribution in [0.4, 0.5) is 0 Å². The lowest BCUT2D eigenvalue weighted by Gasteiger charge is -2.30. The van der Waals surface area contributed by atoms with Crippen molar-refractivity contribution < 1.29 is 0 Å². The molecule has 0 heterocycles. The van der Waals surface area contributed by atoms with Crippen molar-refractivity contribution in [3.63, 3.8) is 0 Å². The Morgan fingerprint density at radius 1 is 1.05 bits per heavy atom. The fourth-order valence-electron chi connectivity index (χ4n) is 2.60. The van der Waals surface area contributed by atoms with Crippen LogP contribution in [0.1, 0.15) is 86.5 Å². The first kappa shape index (κ1) is 24.7. The minimum atomic E-state index is 0.0901. The molecule has 0 aliphatic heterocycles. The lowest BCUT2D eigenvalue weighted by molar-refractivity contribution is 0.302. The first-order chi connectivity index (χ1) is 9.43. The van der Waals surface area contributed by atoms with Crippen LogP contribution in [0.25, 0.3) is 0 Å². The maximum Gasteiger partial charge on any atom is 0.0154 e. The van der Waals surface area contributed by atoms with Gasteiger partial charge in [-0.1, -0.05) is 53.0 Å². The van der Waals surface area contributed by atoms with E-state index in [0.29, 0.717) is 0 Å². The third-order valence-corrected chi connectivity index (χ3v) is 3.33. The van der Waals surface area contributed by atoms with Gasteiger partial charge in [-0.15, -0.1) is 6.58 Å². The molecule has 0 aliphatic rings. The summed E-state index contributed by atoms with van der Waals surface area (Å²) >= 11 is 0. The SMILES string of the molecule is C=C(C)CC(C)CCC(N)(CCC)CCC.CC.CN. The third-order valence-electron chi connectivity index (χ3n) is 3.33. The number of hydrogen-bond donors (Lipinski definition) is 2. The highest BCUT2D eigenvalue weighted by Crippen LogP contribution is 2.26. The van der Waals surface area contributed by atoms with Gasteiger partial charge < -0.3 is 11.5 Å². The van der Waals surface area contributed by atoms with Crippen LogP contribution >= 0.6 is 0 Å². The number of allylic oxidation sites excluding steroid dienone is 1. The summed E-state index contributed by atoms with van der Waals surface area (Å²) in [6.45, 7) is 16.9. The quantitative estimate of drug-likeness (QED) is 0.567. The molecule has 0 aromatic rings. The van der Waals surface area contributed by atoms with E-state index in [9.17, 15) is 0 Å². The van der Waals surface area contributed by atoms with Gasteiger partial charge in [-0.25, -0.2) is 0 Å². The molecule has 0 amide bonds. The van der Waals surface area contributed by atoms with Crippen LogP contribution in [0.5, 0.6) is 0 Å². The molecule has 0 spiro atoms. The Labute approximate surface area is 129 Å². The topological polar surface area (TPSA) is 52.0 Å². The molecule has 0 aliphatic carbocycles. The second-order valence-electron chi connectivity index (χ2n) is 5.67. The Morgan fingerprint density at radius 3 is 1.75 bits per heavy atom. The van der Waals surface area contributed by atoms with Gasteiger partial charge in [0.05, 0.1) is 0 Å². The predicted molar refractivity (Wildman–Crippen MR) is 96.0 cm³/mol. The van der Waals surface area contributed by atoms with Crippen LogP contribution < -0.4 is 11.5 Å². The highest BCUT2D eigenvalue weighted by atomic mass is 14.7. The van der Waals surface area contributed by atoms with Crippen molar-refractivity contribution in [2.75, 3.05) is 7.05 Å². The van der Waals surface area contributed by atoms with Gasteiger partial charge >= 0.3 is 0 Å². The van der Waals surface area contributed by atoms with E-state index >= 15 is 0 Å². The Morgan fingerprint density at radius 2 is 1.45 bits per heavy atom. The zero-order valence-corrected chi connectivity index (χ0v) is 15.4. The summed E-state index contributed by atoms with van der Waals surface area (Å²) in [5, 5.41) is 0. The first-order valence-corrected chi connectivity index (χ1v) is 8.44. The van der Waals surface area contributed by atoms with E-state index in [2.05, 4.69) is 40.0 Å². The first-order valence-electron chi connectivity index (χ1n) is 8.44. The number of hydrogen-bond acceptors (Lipinski definition) is 2. The molecule has 2 heteroatoms. The van der Waals surface area contributed by atoms with Gasteiger partial charge in [0, 0.05) is 5.54 Å². The average molecular weight is 287 g/mol. The van der Waals surface area contributed by atoms with Gasteiger partial charge in [-0.3, -0.25) is 0 Å². The number of nitrogens with two attached hydrogens (primary N) is 2. The summed E-state index contributed by atoms with van der Waals surface area (Å²) in [6, 6.07) is 0. The molecular weight excluding hydrogens is 244 g/mol. The van der Waals surface area contributed by atoms with Gasteiger partial charge in [0.2, 0.25) is 0 Å². The van der Waals surface area contributed by atoms with E-state index < -0.39 is 0 Å². The summed E-state index contributed by atoms with van der Waals surface area (Å²) in [4.78, 5) is 0. The fourth-order valence-corrected chi connectivity index (χ4v) is 2.60. The molecule has 0 radical (unpaired) electrons. The van der Waals surface area contributed by atoms with Gasteiger partial charge in [0.1, 0.15) is 0 Å². The van der Waals surface area contributed by atoms with Crippen molar-refractivity contribution in [2.24, 2.45) is 17.4 Å². The Kier molecular flexibility index (Phi) is 20.6. The molecule has 0 saturated carbocycles. The van der Waals surface area contributed by atoms with E-state index in [1.807, 2.05) is 13.8 Å². The largest absolute Gasteiger partial charge is 0.333 e. The molecule has 4 N–H and O–H groups in total. The predicted octanol–water partition coefficient (Wildman–Crippen LogP) is 5.27. The Balaban J connectivity index is -0.000000656. The zero-order chi connectivity index (χ0) is 16.6. The Bertz CT molecular complexity index is 194. The van der Waals surface area contributed by atoms with Crippen molar-refractivity contribution in [3.8, 4) is 0 Å². The van der Waals surface area contributed by atoms with Crippen molar-refractivity contribution in [2.45, 2.75) is 92.0 Å². The molecule has 0 bridgehead atoms. The molecule has 2 nitrogen and oxygen atoms in total. The van der Waals surface area contributed by atoms with Crippen molar-refractivity contribution >= 4 is 0 Å². The highest BCUT2D eigenvalue weighted by molar-refractivity contribution is 4.91. The molecule has 0 aromatic heterocycles. The van der Waals surface area contributed by atoms with Gasteiger partial charge in [-0.05, 0) is 52.0 Å². The maximum atomic E-state index is 6.48. The fraction of sp³-hybridized carbons (Fsp3) is 0.889. The smallest absolute Gasteiger partial charge is 0.0154 e. The van der Waals surface area contributed by atoms with E-state index in [1.165, 1.54) is 51.1 Å². The molecule has 1 atom stereocenters. The summed E-state index contributed by atoms with van der Waals surface area (Å²) < 4.78 is 0. The van der Waals surface area contributed by atoms with Gasteiger partial charge in [-0.2, -0.15) is 0 Å². The molecule has 1 unspecified atom stereocenters. The van der Waals surface area contributed by atoms with Crippen LogP contribution in [0.15, 0.2) is 12.2 Å². The molecule has 0 saturated heterocycles. The van der Waals surface area contributed by atoms with Crippen molar-refractivity contribution in [1.29, 1.82) is 0 Å². The summed E-state index contributed by atoms with van der Waals surface area (Å²) in [5.41, 5.74) is 12.4. The van der Waals surface area contributed by atoms with Crippen LogP contribution in [-0.2, 0) is 0 Å². The van der Waals surface area contributed by atoms with E-state index in [1.54, 1.807) is 0 Å². The second kappa shape index (κ2) is 16.7. The summed E-state index contributed by atoms with van der Waals surface area (Å²) in [6.07, 6.45) is 8.29. The zero-order valence-electron chi connectivity index (χ0n) is 15.4. The lowest BCUT2D eigenvalue weighted by atomic mass is 9.82. The molecule has 0 fully saturated rings. The maximum absolute atomic E-state index is 6.48. The van der Waals surface area contributed by atoms with Crippen molar-refractivity contribution in [3.05, 3.63) is 12.2 Å². The minimum Gasteiger partial charge on any atom is -0.333 e. The van der Waals surface area contributed by atoms with Crippen LogP contribution in [0, 0.1) is 5.92 Å². The van der Waals surface area contributed by atoms with Gasteiger partial charge in [0.25, 0.3) is 0 Å². The summed E-state index contributed by atoms with van der Waals surface area (Å²) in [7, 11) is 1.50. The average Bonchev–Trinajstić information content (AvgIpc) is 2.41. The minimum absolute atomic E-state index is 0.0901. The lowest BCUT2D eigenvalue weighted by Crippen LogP contribution is -2.39. The normalized spacial score (nSPS) is 11.7. The summed E-state index contributed by atoms with van der Waals surface area (Å²) in [5.74, 6) is 0.731. The van der Waals surface area contributed by atoms with Crippen molar-refractivity contribution in [1.82, 2.24) is 0 Å². The second-order valence-corrected chi connectivity index (χ2v) is 5.67. The third kappa shape index (κ3) is 15.7. The van der Waals surface area contributed by atoms with E-state index in [-0.39, 0.29) is 5.54 Å². The van der Waals surface area contributed by atoms with Crippen LogP contribution in [0.3, 0.4) is 0 Å². The molecular formula is C18H42N2. The highest BCUT2D eigenvalue weighted by Gasteiger charge is 2.23. The van der Waals surface area contributed by atoms with E-state index in [0.717, 1.165) is 12.3 Å². The molecule has 124 valence electrons. The van der Waals surface area contributed by atoms with E-state index in [4.69, 9.17) is 5.73 Å². The monoisotopic (exact) mass is 286 g/mol. The van der Waals surface area contributed by atoms with Gasteiger partial charge in [0.15, 0.2) is 0 Å².